The molecule has 0 unspecified atom stereocenters. The molecule has 1 saturated heterocycles. The van der Waals surface area contributed by atoms with E-state index in [9.17, 15) is 0 Å². The van der Waals surface area contributed by atoms with Crippen molar-refractivity contribution in [2.45, 2.75) is 66.6 Å². The molecule has 0 aromatic heterocycles. The Morgan fingerprint density at radius 3 is 1.64 bits per heavy atom. The Bertz CT molecular complexity index is 842. The lowest BCUT2D eigenvalue weighted by molar-refractivity contribution is 0.00578. The number of hydrogen-bond donors (Lipinski definition) is 2. The van der Waals surface area contributed by atoms with Crippen LogP contribution < -0.4 is 16.9 Å². The van der Waals surface area contributed by atoms with Crippen molar-refractivity contribution in [3.05, 3.63) is 51.0 Å². The minimum atomic E-state index is -0.336. The van der Waals surface area contributed by atoms with Crippen LogP contribution in [0.15, 0.2) is 28.7 Å². The third-order valence-corrected chi connectivity index (χ3v) is 6.49. The molecule has 4 N–H and O–H groups in total. The fourth-order valence-corrected chi connectivity index (χ4v) is 3.56. The second-order valence-corrected chi connectivity index (χ2v) is 9.47. The zero-order valence-corrected chi connectivity index (χ0v) is 19.8. The average molecular weight is 447 g/mol. The molecule has 1 fully saturated rings. The minimum absolute atomic E-state index is 0.317. The molecule has 0 saturated carbocycles. The Morgan fingerprint density at radius 2 is 1.18 bits per heavy atom. The van der Waals surface area contributed by atoms with Gasteiger partial charge >= 0.3 is 7.12 Å². The first-order valence-corrected chi connectivity index (χ1v) is 10.3. The van der Waals surface area contributed by atoms with Crippen molar-refractivity contribution in [2.24, 2.45) is 0 Å². The van der Waals surface area contributed by atoms with Gasteiger partial charge in [0.2, 0.25) is 0 Å². The van der Waals surface area contributed by atoms with Gasteiger partial charge in [-0.25, -0.2) is 0 Å². The summed E-state index contributed by atoms with van der Waals surface area (Å²) in [6, 6.07) is 8.10. The van der Waals surface area contributed by atoms with Gasteiger partial charge in [0.25, 0.3) is 0 Å². The van der Waals surface area contributed by atoms with Crippen LogP contribution in [-0.2, 0) is 9.31 Å². The van der Waals surface area contributed by atoms with Crippen molar-refractivity contribution < 1.29 is 9.31 Å². The molecule has 2 aromatic rings. The zero-order valence-electron chi connectivity index (χ0n) is 18.2. The minimum Gasteiger partial charge on any atom is -0.399 e. The summed E-state index contributed by atoms with van der Waals surface area (Å²) in [6.07, 6.45) is 0. The van der Waals surface area contributed by atoms with Crippen LogP contribution in [-0.4, -0.2) is 18.3 Å². The van der Waals surface area contributed by atoms with Crippen molar-refractivity contribution in [1.82, 2.24) is 0 Å². The Balaban J connectivity index is 0.000000237. The van der Waals surface area contributed by atoms with E-state index >= 15 is 0 Å². The molecule has 2 aromatic carbocycles. The van der Waals surface area contributed by atoms with Crippen LogP contribution in [0.5, 0.6) is 0 Å². The van der Waals surface area contributed by atoms with Crippen molar-refractivity contribution >= 4 is 39.9 Å². The van der Waals surface area contributed by atoms with E-state index < -0.39 is 0 Å². The molecule has 28 heavy (non-hydrogen) atoms. The van der Waals surface area contributed by atoms with Gasteiger partial charge in [-0.15, -0.1) is 0 Å². The van der Waals surface area contributed by atoms with Crippen LogP contribution >= 0.6 is 15.9 Å². The molecule has 0 bridgehead atoms. The SMILES string of the molecule is Cc1cc(N)c(C)c(B2OC(C)(C)C(C)(C)O2)c1.Cc1cc(N)c(C)c(Br)c1. The Hall–Kier alpha value is -1.50. The Morgan fingerprint density at radius 1 is 0.750 bits per heavy atom. The van der Waals surface area contributed by atoms with Gasteiger partial charge in [-0.1, -0.05) is 22.0 Å². The molecule has 0 spiro atoms. The molecule has 0 atom stereocenters. The van der Waals surface area contributed by atoms with E-state index in [1.165, 1.54) is 5.56 Å². The predicted molar refractivity (Wildman–Crippen MR) is 124 cm³/mol. The molecule has 1 aliphatic heterocycles. The van der Waals surface area contributed by atoms with E-state index in [1.807, 2.05) is 39.8 Å². The quantitative estimate of drug-likeness (QED) is 0.485. The summed E-state index contributed by atoms with van der Waals surface area (Å²) in [5, 5.41) is 0. The van der Waals surface area contributed by atoms with Gasteiger partial charge in [0.15, 0.2) is 0 Å². The van der Waals surface area contributed by atoms with Gasteiger partial charge in [-0.05, 0) is 101 Å². The maximum atomic E-state index is 6.06. The lowest BCUT2D eigenvalue weighted by Crippen LogP contribution is -2.41. The summed E-state index contributed by atoms with van der Waals surface area (Å²) in [7, 11) is -0.336. The summed E-state index contributed by atoms with van der Waals surface area (Å²) in [5.41, 5.74) is 18.2. The number of aryl methyl sites for hydroxylation is 2. The van der Waals surface area contributed by atoms with Crippen LogP contribution in [0.3, 0.4) is 0 Å². The van der Waals surface area contributed by atoms with Gasteiger partial charge in [-0.3, -0.25) is 0 Å². The van der Waals surface area contributed by atoms with E-state index in [-0.39, 0.29) is 18.3 Å². The maximum absolute atomic E-state index is 6.06. The summed E-state index contributed by atoms with van der Waals surface area (Å²) in [5.74, 6) is 0. The van der Waals surface area contributed by atoms with Gasteiger partial charge in [0, 0.05) is 15.8 Å². The van der Waals surface area contributed by atoms with Gasteiger partial charge < -0.3 is 20.8 Å². The Labute approximate surface area is 178 Å². The second kappa shape index (κ2) is 8.09. The highest BCUT2D eigenvalue weighted by Gasteiger charge is 2.52. The number of benzene rings is 2. The summed E-state index contributed by atoms with van der Waals surface area (Å²) >= 11 is 3.42. The smallest absolute Gasteiger partial charge is 0.399 e. The van der Waals surface area contributed by atoms with Crippen LogP contribution in [0, 0.1) is 27.7 Å². The molecule has 152 valence electrons. The standard InChI is InChI=1S/C14H22BNO2.C8H10BrN/c1-9-7-11(10(2)12(16)8-9)15-17-13(3,4)14(5,6)18-15;1-5-3-7(9)6(2)8(10)4-5/h7-8H,16H2,1-6H3;3-4H,10H2,1-2H3. The molecule has 4 nitrogen and oxygen atoms in total. The number of rotatable bonds is 1. The van der Waals surface area contributed by atoms with Crippen molar-refractivity contribution in [3.63, 3.8) is 0 Å². The summed E-state index contributed by atoms with van der Waals surface area (Å²) in [6.45, 7) is 16.3. The first kappa shape index (κ1) is 22.8. The molecule has 0 amide bonds. The largest absolute Gasteiger partial charge is 0.495 e. The molecular formula is C22H32BBrN2O2. The lowest BCUT2D eigenvalue weighted by atomic mass is 9.75. The van der Waals surface area contributed by atoms with Crippen LogP contribution in [0.25, 0.3) is 0 Å². The molecule has 6 heteroatoms. The molecule has 1 aliphatic rings. The number of nitrogens with two attached hydrogens (primary N) is 2. The normalized spacial score (nSPS) is 17.2. The highest BCUT2D eigenvalue weighted by Crippen LogP contribution is 2.37. The van der Waals surface area contributed by atoms with E-state index in [1.54, 1.807) is 0 Å². The first-order chi connectivity index (χ1) is 12.7. The number of hydrogen-bond acceptors (Lipinski definition) is 4. The summed E-state index contributed by atoms with van der Waals surface area (Å²) < 4.78 is 13.2. The maximum Gasteiger partial charge on any atom is 0.495 e. The van der Waals surface area contributed by atoms with Crippen molar-refractivity contribution in [1.29, 1.82) is 0 Å². The number of anilines is 2. The van der Waals surface area contributed by atoms with Crippen LogP contribution in [0.4, 0.5) is 11.4 Å². The topological polar surface area (TPSA) is 70.5 Å². The Kier molecular flexibility index (Phi) is 6.59. The van der Waals surface area contributed by atoms with Crippen LogP contribution in [0.2, 0.25) is 0 Å². The van der Waals surface area contributed by atoms with Gasteiger partial charge in [0.05, 0.1) is 11.2 Å². The summed E-state index contributed by atoms with van der Waals surface area (Å²) in [4.78, 5) is 0. The molecule has 1 heterocycles. The van der Waals surface area contributed by atoms with E-state index in [2.05, 4.69) is 55.8 Å². The number of nitrogen functional groups attached to an aromatic ring is 2. The highest BCUT2D eigenvalue weighted by atomic mass is 79.9. The van der Waals surface area contributed by atoms with E-state index in [0.29, 0.717) is 0 Å². The van der Waals surface area contributed by atoms with Crippen molar-refractivity contribution in [2.75, 3.05) is 11.5 Å². The third-order valence-electron chi connectivity index (χ3n) is 5.67. The highest BCUT2D eigenvalue weighted by molar-refractivity contribution is 9.10. The van der Waals surface area contributed by atoms with Crippen molar-refractivity contribution in [3.8, 4) is 0 Å². The zero-order chi connectivity index (χ0) is 21.4. The fourth-order valence-electron chi connectivity index (χ4n) is 2.97. The molecular weight excluding hydrogens is 415 g/mol. The molecule has 0 aliphatic carbocycles. The van der Waals surface area contributed by atoms with Crippen LogP contribution in [0.1, 0.15) is 49.9 Å². The van der Waals surface area contributed by atoms with Gasteiger partial charge in [0.1, 0.15) is 0 Å². The van der Waals surface area contributed by atoms with Gasteiger partial charge in [-0.2, -0.15) is 0 Å². The third kappa shape index (κ3) is 4.73. The second-order valence-electron chi connectivity index (χ2n) is 8.62. The predicted octanol–water partition coefficient (Wildman–Crippen LogP) is 4.83. The van der Waals surface area contributed by atoms with E-state index in [0.717, 1.165) is 38.0 Å². The molecule has 0 radical (unpaired) electrons. The monoisotopic (exact) mass is 446 g/mol. The van der Waals surface area contributed by atoms with E-state index in [4.69, 9.17) is 20.8 Å². The fraction of sp³-hybridized carbons (Fsp3) is 0.455. The molecule has 3 rings (SSSR count). The average Bonchev–Trinajstić information content (AvgIpc) is 2.77. The number of halogens is 1. The first-order valence-electron chi connectivity index (χ1n) is 9.49. The lowest BCUT2D eigenvalue weighted by Gasteiger charge is -2.32.